The first kappa shape index (κ1) is 13.0. The van der Waals surface area contributed by atoms with Crippen LogP contribution in [0, 0.1) is 0 Å². The normalized spacial score (nSPS) is 21.8. The Bertz CT molecular complexity index is 663. The summed E-state index contributed by atoms with van der Waals surface area (Å²) >= 11 is 0. The van der Waals surface area contributed by atoms with Crippen LogP contribution in [0.1, 0.15) is 0 Å². The van der Waals surface area contributed by atoms with Crippen molar-refractivity contribution in [3.05, 3.63) is 60.7 Å². The average molecular weight is 294 g/mol. The zero-order valence-corrected chi connectivity index (χ0v) is 11.7. The number of anilines is 1. The molecule has 0 N–H and O–H groups in total. The van der Waals surface area contributed by atoms with Crippen LogP contribution in [-0.4, -0.2) is 17.7 Å². The monoisotopic (exact) mass is 294 g/mol. The Labute approximate surface area is 115 Å². The molecule has 104 valence electrons. The number of nitrogens with zero attached hydrogens (tertiary/aromatic N) is 2. The number of carbonyl (C=O) groups excluding carboxylic acids is 1. The summed E-state index contributed by atoms with van der Waals surface area (Å²) in [5.74, 6) is 0. The van der Waals surface area contributed by atoms with Crippen molar-refractivity contribution >= 4 is 24.5 Å². The van der Waals surface area contributed by atoms with E-state index in [1.54, 1.807) is 36.4 Å². The SMILES string of the molecule is CN1C(=O)N(c2ccccc2)P1(F)(F)c1ccccc1. The van der Waals surface area contributed by atoms with Gasteiger partial charge in [0, 0.05) is 0 Å². The van der Waals surface area contributed by atoms with Gasteiger partial charge >= 0.3 is 115 Å². The Balaban J connectivity index is 2.18. The van der Waals surface area contributed by atoms with Gasteiger partial charge in [-0.25, -0.2) is 0 Å². The van der Waals surface area contributed by atoms with Crippen LogP contribution in [0.2, 0.25) is 0 Å². The summed E-state index contributed by atoms with van der Waals surface area (Å²) in [6.07, 6.45) is 0. The molecule has 20 heavy (non-hydrogen) atoms. The van der Waals surface area contributed by atoms with E-state index in [0.717, 1.165) is 7.05 Å². The fourth-order valence-electron chi connectivity index (χ4n) is 2.36. The minimum absolute atomic E-state index is 0.107. The van der Waals surface area contributed by atoms with Gasteiger partial charge in [-0.15, -0.1) is 0 Å². The van der Waals surface area contributed by atoms with Crippen molar-refractivity contribution in [1.82, 2.24) is 4.67 Å². The molecule has 0 radical (unpaired) electrons. The van der Waals surface area contributed by atoms with Crippen LogP contribution in [0.5, 0.6) is 0 Å². The number of amides is 2. The molecule has 2 aromatic carbocycles. The molecule has 1 fully saturated rings. The van der Waals surface area contributed by atoms with E-state index in [2.05, 4.69) is 0 Å². The molecular weight excluding hydrogens is 281 g/mol. The molecular formula is C14H13F2N2OP. The van der Waals surface area contributed by atoms with Crippen molar-refractivity contribution in [3.63, 3.8) is 0 Å². The first-order valence-corrected chi connectivity index (χ1v) is 8.03. The third-order valence-electron chi connectivity index (χ3n) is 3.49. The predicted octanol–water partition coefficient (Wildman–Crippen LogP) is 4.04. The Hall–Kier alpha value is -2.00. The quantitative estimate of drug-likeness (QED) is 0.767. The molecule has 1 aliphatic rings. The Kier molecular flexibility index (Phi) is 2.60. The average Bonchev–Trinajstić information content (AvgIpc) is 2.49. The van der Waals surface area contributed by atoms with Gasteiger partial charge in [0.1, 0.15) is 0 Å². The van der Waals surface area contributed by atoms with Crippen LogP contribution in [0.15, 0.2) is 60.7 Å². The number of rotatable bonds is 2. The standard InChI is InChI=1S/C14H13F2N2OP/c1-17-14(19)18(12-8-4-2-5-9-12)20(17,15,16)13-10-6-3-7-11-13/h2-11H,1H3. The maximum atomic E-state index is 15.4. The summed E-state index contributed by atoms with van der Waals surface area (Å²) in [7, 11) is -4.42. The van der Waals surface area contributed by atoms with Gasteiger partial charge in [0.05, 0.1) is 0 Å². The summed E-state index contributed by atoms with van der Waals surface area (Å²) in [4.78, 5) is 12.0. The second-order valence-corrected chi connectivity index (χ2v) is 7.78. The van der Waals surface area contributed by atoms with Crippen LogP contribution >= 0.6 is 7.53 Å². The van der Waals surface area contributed by atoms with Gasteiger partial charge in [-0.3, -0.25) is 0 Å². The van der Waals surface area contributed by atoms with Crippen LogP contribution in [0.25, 0.3) is 0 Å². The van der Waals surface area contributed by atoms with Gasteiger partial charge < -0.3 is 0 Å². The Morgan fingerprint density at radius 3 is 1.95 bits per heavy atom. The summed E-state index contributed by atoms with van der Waals surface area (Å²) in [5.41, 5.74) is 0.224. The second-order valence-electron chi connectivity index (χ2n) is 4.61. The number of benzene rings is 2. The molecule has 0 saturated carbocycles. The molecule has 6 heteroatoms. The molecule has 3 nitrogen and oxygen atoms in total. The number of hydrogen-bond acceptors (Lipinski definition) is 1. The van der Waals surface area contributed by atoms with Crippen molar-refractivity contribution in [3.8, 4) is 0 Å². The number of halogens is 2. The van der Waals surface area contributed by atoms with Crippen molar-refractivity contribution in [2.75, 3.05) is 11.7 Å². The summed E-state index contributed by atoms with van der Waals surface area (Å²) in [6, 6.07) is 14.9. The topological polar surface area (TPSA) is 23.6 Å². The molecule has 0 aliphatic carbocycles. The zero-order chi connectivity index (χ0) is 14.4. The minimum atomic E-state index is -5.58. The van der Waals surface area contributed by atoms with Crippen LogP contribution in [0.3, 0.4) is 0 Å². The Morgan fingerprint density at radius 1 is 0.900 bits per heavy atom. The van der Waals surface area contributed by atoms with E-state index in [0.29, 0.717) is 9.34 Å². The van der Waals surface area contributed by atoms with E-state index in [4.69, 9.17) is 0 Å². The first-order chi connectivity index (χ1) is 9.46. The number of hydrogen-bond donors (Lipinski definition) is 0. The van der Waals surface area contributed by atoms with Crippen molar-refractivity contribution in [2.45, 2.75) is 0 Å². The molecule has 0 unspecified atom stereocenters. The first-order valence-electron chi connectivity index (χ1n) is 6.11. The van der Waals surface area contributed by atoms with Gasteiger partial charge in [0.15, 0.2) is 0 Å². The van der Waals surface area contributed by atoms with Crippen molar-refractivity contribution < 1.29 is 13.2 Å². The van der Waals surface area contributed by atoms with Crippen LogP contribution < -0.4 is 9.97 Å². The molecule has 1 heterocycles. The van der Waals surface area contributed by atoms with Crippen LogP contribution in [-0.2, 0) is 0 Å². The second kappa shape index (κ2) is 4.00. The molecule has 2 amide bonds. The van der Waals surface area contributed by atoms with Crippen molar-refractivity contribution in [2.24, 2.45) is 0 Å². The maximum absolute atomic E-state index is 15.4. The molecule has 0 atom stereocenters. The molecule has 1 saturated heterocycles. The molecule has 0 bridgehead atoms. The predicted molar refractivity (Wildman–Crippen MR) is 77.3 cm³/mol. The molecule has 0 spiro atoms. The van der Waals surface area contributed by atoms with E-state index in [1.807, 2.05) is 0 Å². The Morgan fingerprint density at radius 2 is 1.40 bits per heavy atom. The summed E-state index contributed by atoms with van der Waals surface area (Å²) in [5, 5.41) is -0.107. The number of urea groups is 1. The van der Waals surface area contributed by atoms with Gasteiger partial charge in [0.25, 0.3) is 0 Å². The molecule has 2 aromatic rings. The molecule has 0 aromatic heterocycles. The fourth-order valence-corrected chi connectivity index (χ4v) is 5.08. The van der Waals surface area contributed by atoms with E-state index in [1.165, 1.54) is 24.3 Å². The molecule has 3 rings (SSSR count). The third-order valence-corrected chi connectivity index (χ3v) is 6.92. The number of carbonyl (C=O) groups is 1. The van der Waals surface area contributed by atoms with Crippen LogP contribution in [0.4, 0.5) is 18.9 Å². The summed E-state index contributed by atoms with van der Waals surface area (Å²) < 4.78 is 32.1. The van der Waals surface area contributed by atoms with Gasteiger partial charge in [-0.2, -0.15) is 0 Å². The number of para-hydroxylation sites is 1. The zero-order valence-electron chi connectivity index (χ0n) is 10.8. The van der Waals surface area contributed by atoms with Gasteiger partial charge in [-0.1, -0.05) is 0 Å². The van der Waals surface area contributed by atoms with E-state index in [9.17, 15) is 4.79 Å². The molecule has 1 aliphatic heterocycles. The van der Waals surface area contributed by atoms with Gasteiger partial charge in [0.2, 0.25) is 0 Å². The van der Waals surface area contributed by atoms with E-state index >= 15 is 8.39 Å². The van der Waals surface area contributed by atoms with Crippen molar-refractivity contribution in [1.29, 1.82) is 0 Å². The fraction of sp³-hybridized carbons (Fsp3) is 0.0714. The van der Waals surface area contributed by atoms with Gasteiger partial charge in [-0.05, 0) is 0 Å². The summed E-state index contributed by atoms with van der Waals surface area (Å²) in [6.45, 7) is 0. The third kappa shape index (κ3) is 1.44. The van der Waals surface area contributed by atoms with E-state index < -0.39 is 13.6 Å². The van der Waals surface area contributed by atoms with E-state index in [-0.39, 0.29) is 11.0 Å².